The van der Waals surface area contributed by atoms with Gasteiger partial charge in [0, 0.05) is 0 Å². The molecule has 1 rings (SSSR count). The van der Waals surface area contributed by atoms with E-state index in [1.165, 1.54) is 26.2 Å². The van der Waals surface area contributed by atoms with Gasteiger partial charge in [0.15, 0.2) is 6.10 Å². The number of unbranched alkanes of at least 4 members (excludes halogenated alkanes) is 3. The van der Waals surface area contributed by atoms with Gasteiger partial charge in [0.2, 0.25) is 0 Å². The first-order chi connectivity index (χ1) is 9.13. The van der Waals surface area contributed by atoms with Crippen LogP contribution in [0.25, 0.3) is 0 Å². The molecule has 1 aromatic carbocycles. The highest BCUT2D eigenvalue weighted by Crippen LogP contribution is 2.19. The summed E-state index contributed by atoms with van der Waals surface area (Å²) < 4.78 is 10.8. The third-order valence-corrected chi connectivity index (χ3v) is 2.75. The van der Waals surface area contributed by atoms with Crippen molar-refractivity contribution in [1.82, 2.24) is 0 Å². The minimum absolute atomic E-state index is 0.535. The van der Waals surface area contributed by atoms with Gasteiger partial charge < -0.3 is 14.6 Å². The fourth-order valence-electron chi connectivity index (χ4n) is 1.59. The molecule has 0 spiro atoms. The van der Waals surface area contributed by atoms with Crippen LogP contribution in [0, 0.1) is 0 Å². The van der Waals surface area contributed by atoms with Gasteiger partial charge in [-0.25, -0.2) is 4.79 Å². The Morgan fingerprint density at radius 3 is 2.37 bits per heavy atom. The standard InChI is InChI=1S/C15H22O4/c1-3-4-5-6-11-18-13-7-9-14(10-8-13)19-12(2)15(16)17/h7-10,12H,3-6,11H2,1-2H3,(H,16,17)/t12-/m1/s1. The summed E-state index contributed by atoms with van der Waals surface area (Å²) in [5, 5.41) is 8.74. The van der Waals surface area contributed by atoms with Crippen LogP contribution in [0.4, 0.5) is 0 Å². The number of carboxylic acid groups (broad SMARTS) is 1. The van der Waals surface area contributed by atoms with E-state index in [1.54, 1.807) is 24.3 Å². The zero-order chi connectivity index (χ0) is 14.1. The third-order valence-electron chi connectivity index (χ3n) is 2.75. The summed E-state index contributed by atoms with van der Waals surface area (Å²) in [6, 6.07) is 7.04. The van der Waals surface area contributed by atoms with Crippen molar-refractivity contribution in [1.29, 1.82) is 0 Å². The maximum Gasteiger partial charge on any atom is 0.344 e. The van der Waals surface area contributed by atoms with Gasteiger partial charge >= 0.3 is 5.97 Å². The molecule has 0 radical (unpaired) electrons. The molecular weight excluding hydrogens is 244 g/mol. The van der Waals surface area contributed by atoms with Crippen LogP contribution >= 0.6 is 0 Å². The van der Waals surface area contributed by atoms with E-state index >= 15 is 0 Å². The van der Waals surface area contributed by atoms with E-state index in [0.717, 1.165) is 12.2 Å². The first-order valence-electron chi connectivity index (χ1n) is 6.75. The van der Waals surface area contributed by atoms with Gasteiger partial charge in [0.1, 0.15) is 11.5 Å². The van der Waals surface area contributed by atoms with Crippen molar-refractivity contribution in [3.8, 4) is 11.5 Å². The maximum atomic E-state index is 10.6. The van der Waals surface area contributed by atoms with Gasteiger partial charge in [-0.1, -0.05) is 26.2 Å². The van der Waals surface area contributed by atoms with E-state index in [1.807, 2.05) is 0 Å². The van der Waals surface area contributed by atoms with Gasteiger partial charge in [0.05, 0.1) is 6.61 Å². The highest BCUT2D eigenvalue weighted by atomic mass is 16.5. The fourth-order valence-corrected chi connectivity index (χ4v) is 1.59. The average Bonchev–Trinajstić information content (AvgIpc) is 2.40. The second kappa shape index (κ2) is 8.40. The van der Waals surface area contributed by atoms with Crippen molar-refractivity contribution in [3.05, 3.63) is 24.3 Å². The predicted molar refractivity (Wildman–Crippen MR) is 73.8 cm³/mol. The summed E-state index contributed by atoms with van der Waals surface area (Å²) in [6.07, 6.45) is 3.85. The molecule has 0 heterocycles. The molecular formula is C15H22O4. The third kappa shape index (κ3) is 6.13. The Hall–Kier alpha value is -1.71. The van der Waals surface area contributed by atoms with Crippen molar-refractivity contribution >= 4 is 5.97 Å². The van der Waals surface area contributed by atoms with Crippen LogP contribution < -0.4 is 9.47 Å². The van der Waals surface area contributed by atoms with Crippen molar-refractivity contribution in [2.45, 2.75) is 45.6 Å². The molecule has 0 saturated heterocycles. The van der Waals surface area contributed by atoms with E-state index in [4.69, 9.17) is 14.6 Å². The van der Waals surface area contributed by atoms with Crippen LogP contribution in [0.15, 0.2) is 24.3 Å². The summed E-state index contributed by atoms with van der Waals surface area (Å²) >= 11 is 0. The quantitative estimate of drug-likeness (QED) is 0.695. The number of hydrogen-bond acceptors (Lipinski definition) is 3. The maximum absolute atomic E-state index is 10.6. The Labute approximate surface area is 114 Å². The highest BCUT2D eigenvalue weighted by molar-refractivity contribution is 5.72. The molecule has 0 aromatic heterocycles. The molecule has 0 aliphatic heterocycles. The van der Waals surface area contributed by atoms with Crippen LogP contribution in [0.1, 0.15) is 39.5 Å². The summed E-state index contributed by atoms with van der Waals surface area (Å²) in [5.41, 5.74) is 0. The van der Waals surface area contributed by atoms with E-state index in [-0.39, 0.29) is 0 Å². The number of ether oxygens (including phenoxy) is 2. The van der Waals surface area contributed by atoms with Gasteiger partial charge in [-0.3, -0.25) is 0 Å². The predicted octanol–water partition coefficient (Wildman–Crippen LogP) is 3.50. The van der Waals surface area contributed by atoms with Crippen LogP contribution in [0.5, 0.6) is 11.5 Å². The molecule has 1 atom stereocenters. The number of carbonyl (C=O) groups is 1. The monoisotopic (exact) mass is 266 g/mol. The molecule has 0 saturated carbocycles. The summed E-state index contributed by atoms with van der Waals surface area (Å²) in [7, 11) is 0. The van der Waals surface area contributed by atoms with E-state index in [0.29, 0.717) is 12.4 Å². The minimum Gasteiger partial charge on any atom is -0.494 e. The Bertz CT molecular complexity index is 372. The second-order valence-electron chi connectivity index (χ2n) is 4.48. The molecule has 1 aromatic rings. The topological polar surface area (TPSA) is 55.8 Å². The smallest absolute Gasteiger partial charge is 0.344 e. The molecule has 106 valence electrons. The van der Waals surface area contributed by atoms with Crippen LogP contribution in [0.3, 0.4) is 0 Å². The molecule has 0 fully saturated rings. The fraction of sp³-hybridized carbons (Fsp3) is 0.533. The average molecular weight is 266 g/mol. The van der Waals surface area contributed by atoms with Gasteiger partial charge in [-0.2, -0.15) is 0 Å². The molecule has 0 aliphatic carbocycles. The van der Waals surface area contributed by atoms with Crippen LogP contribution in [0.2, 0.25) is 0 Å². The first kappa shape index (κ1) is 15.3. The van der Waals surface area contributed by atoms with Gasteiger partial charge in [0.25, 0.3) is 0 Å². The lowest BCUT2D eigenvalue weighted by Crippen LogP contribution is -2.22. The van der Waals surface area contributed by atoms with Crippen LogP contribution in [-0.2, 0) is 4.79 Å². The molecule has 0 bridgehead atoms. The first-order valence-corrected chi connectivity index (χ1v) is 6.75. The zero-order valence-corrected chi connectivity index (χ0v) is 11.6. The van der Waals surface area contributed by atoms with E-state index in [2.05, 4.69) is 6.92 Å². The second-order valence-corrected chi connectivity index (χ2v) is 4.48. The lowest BCUT2D eigenvalue weighted by atomic mass is 10.2. The van der Waals surface area contributed by atoms with Gasteiger partial charge in [-0.15, -0.1) is 0 Å². The molecule has 0 amide bonds. The Morgan fingerprint density at radius 2 is 1.79 bits per heavy atom. The zero-order valence-electron chi connectivity index (χ0n) is 11.6. The van der Waals surface area contributed by atoms with Crippen molar-refractivity contribution in [3.63, 3.8) is 0 Å². The molecule has 4 heteroatoms. The Kier molecular flexibility index (Phi) is 6.79. The van der Waals surface area contributed by atoms with E-state index in [9.17, 15) is 4.79 Å². The number of carboxylic acids is 1. The normalized spacial score (nSPS) is 11.9. The minimum atomic E-state index is -0.976. The Balaban J connectivity index is 2.33. The van der Waals surface area contributed by atoms with Gasteiger partial charge in [-0.05, 0) is 37.6 Å². The summed E-state index contributed by atoms with van der Waals surface area (Å²) in [6.45, 7) is 4.39. The number of benzene rings is 1. The molecule has 19 heavy (non-hydrogen) atoms. The van der Waals surface area contributed by atoms with Crippen molar-refractivity contribution in [2.24, 2.45) is 0 Å². The van der Waals surface area contributed by atoms with Crippen molar-refractivity contribution < 1.29 is 19.4 Å². The van der Waals surface area contributed by atoms with E-state index < -0.39 is 12.1 Å². The largest absolute Gasteiger partial charge is 0.494 e. The number of aliphatic carboxylic acids is 1. The SMILES string of the molecule is CCCCCCOc1ccc(O[C@H](C)C(=O)O)cc1. The molecule has 4 nitrogen and oxygen atoms in total. The number of hydrogen-bond donors (Lipinski definition) is 1. The summed E-state index contributed by atoms with van der Waals surface area (Å²) in [5.74, 6) is 0.344. The molecule has 1 N–H and O–H groups in total. The lowest BCUT2D eigenvalue weighted by Gasteiger charge is -2.11. The van der Waals surface area contributed by atoms with Crippen LogP contribution in [-0.4, -0.2) is 23.8 Å². The summed E-state index contributed by atoms with van der Waals surface area (Å²) in [4.78, 5) is 10.6. The highest BCUT2D eigenvalue weighted by Gasteiger charge is 2.11. The lowest BCUT2D eigenvalue weighted by molar-refractivity contribution is -0.144. The molecule has 0 aliphatic rings. The number of rotatable bonds is 9. The molecule has 0 unspecified atom stereocenters. The Morgan fingerprint density at radius 1 is 1.16 bits per heavy atom. The van der Waals surface area contributed by atoms with Crippen molar-refractivity contribution in [2.75, 3.05) is 6.61 Å².